The van der Waals surface area contributed by atoms with Crippen LogP contribution in [0.15, 0.2) is 22.3 Å². The maximum absolute atomic E-state index is 12.1. The Morgan fingerprint density at radius 3 is 3.00 bits per heavy atom. The first-order chi connectivity index (χ1) is 9.12. The summed E-state index contributed by atoms with van der Waals surface area (Å²) in [6.45, 7) is 4.08. The van der Waals surface area contributed by atoms with E-state index in [0.717, 1.165) is 36.1 Å². The Morgan fingerprint density at radius 1 is 1.37 bits per heavy atom. The number of hydrogen-bond acceptors (Lipinski definition) is 4. The van der Waals surface area contributed by atoms with Crippen LogP contribution >= 0.6 is 0 Å². The fraction of sp³-hybridized carbons (Fsp3) is 0.533. The van der Waals surface area contributed by atoms with Gasteiger partial charge in [-0.1, -0.05) is 11.6 Å². The molecule has 3 aliphatic rings. The van der Waals surface area contributed by atoms with E-state index in [1.54, 1.807) is 6.26 Å². The van der Waals surface area contributed by atoms with Crippen LogP contribution in [0.3, 0.4) is 0 Å². The fourth-order valence-electron chi connectivity index (χ4n) is 3.34. The third-order valence-corrected chi connectivity index (χ3v) is 4.43. The number of furan rings is 1. The van der Waals surface area contributed by atoms with Gasteiger partial charge < -0.3 is 13.9 Å². The van der Waals surface area contributed by atoms with E-state index in [1.165, 1.54) is 5.57 Å². The lowest BCUT2D eigenvalue weighted by molar-refractivity contribution is -0.154. The van der Waals surface area contributed by atoms with Crippen molar-refractivity contribution in [2.75, 3.05) is 0 Å². The third-order valence-electron chi connectivity index (χ3n) is 4.43. The summed E-state index contributed by atoms with van der Waals surface area (Å²) in [7, 11) is 0. The average Bonchev–Trinajstić information content (AvgIpc) is 2.91. The van der Waals surface area contributed by atoms with Crippen molar-refractivity contribution in [3.63, 3.8) is 0 Å². The van der Waals surface area contributed by atoms with Gasteiger partial charge in [0.15, 0.2) is 11.7 Å². The van der Waals surface area contributed by atoms with Gasteiger partial charge in [-0.25, -0.2) is 4.79 Å². The summed E-state index contributed by atoms with van der Waals surface area (Å²) in [6.07, 6.45) is 5.84. The Balaban J connectivity index is 1.85. The van der Waals surface area contributed by atoms with Crippen LogP contribution in [0.25, 0.3) is 0 Å². The summed E-state index contributed by atoms with van der Waals surface area (Å²) < 4.78 is 16.9. The molecule has 19 heavy (non-hydrogen) atoms. The number of allylic oxidation sites excluding steroid dienone is 2. The van der Waals surface area contributed by atoms with Crippen LogP contribution in [0, 0.1) is 6.92 Å². The topological polar surface area (TPSA) is 52.0 Å². The molecule has 0 N–H and O–H groups in total. The number of hydrogen-bond donors (Lipinski definition) is 0. The van der Waals surface area contributed by atoms with Gasteiger partial charge in [-0.15, -0.1) is 0 Å². The number of carbonyl (C=O) groups is 1. The molecule has 3 heterocycles. The van der Waals surface area contributed by atoms with E-state index < -0.39 is 5.60 Å². The summed E-state index contributed by atoms with van der Waals surface area (Å²) >= 11 is 0. The highest BCUT2D eigenvalue weighted by atomic mass is 16.7. The Bertz CT molecular complexity index is 597. The van der Waals surface area contributed by atoms with Crippen LogP contribution in [0.4, 0.5) is 0 Å². The van der Waals surface area contributed by atoms with Crippen molar-refractivity contribution in [2.24, 2.45) is 0 Å². The van der Waals surface area contributed by atoms with Crippen LogP contribution in [0.5, 0.6) is 0 Å². The third kappa shape index (κ3) is 1.40. The lowest BCUT2D eigenvalue weighted by Gasteiger charge is -2.13. The van der Waals surface area contributed by atoms with Crippen molar-refractivity contribution < 1.29 is 18.7 Å². The van der Waals surface area contributed by atoms with Gasteiger partial charge in [0.05, 0.1) is 6.26 Å². The molecule has 0 amide bonds. The quantitative estimate of drug-likeness (QED) is 0.409. The molecular weight excluding hydrogens is 244 g/mol. The van der Waals surface area contributed by atoms with E-state index in [1.807, 2.05) is 6.92 Å². The highest BCUT2D eigenvalue weighted by Gasteiger charge is 2.73. The highest BCUT2D eigenvalue weighted by Crippen LogP contribution is 2.57. The number of carbonyl (C=O) groups excluding carboxylic acids is 1. The summed E-state index contributed by atoms with van der Waals surface area (Å²) in [4.78, 5) is 12.1. The zero-order chi connectivity index (χ0) is 13.2. The predicted molar refractivity (Wildman–Crippen MR) is 66.6 cm³/mol. The van der Waals surface area contributed by atoms with Crippen molar-refractivity contribution in [2.45, 2.75) is 50.9 Å². The molecule has 1 aromatic rings. The van der Waals surface area contributed by atoms with E-state index in [9.17, 15) is 4.79 Å². The number of epoxide rings is 1. The lowest BCUT2D eigenvalue weighted by atomic mass is 9.91. The molecule has 0 spiro atoms. The van der Waals surface area contributed by atoms with E-state index >= 15 is 0 Å². The molecule has 2 aliphatic heterocycles. The summed E-state index contributed by atoms with van der Waals surface area (Å²) in [6, 6.07) is 0. The summed E-state index contributed by atoms with van der Waals surface area (Å²) in [5, 5.41) is 0. The van der Waals surface area contributed by atoms with Gasteiger partial charge >= 0.3 is 5.97 Å². The second kappa shape index (κ2) is 3.51. The van der Waals surface area contributed by atoms with Gasteiger partial charge in [0.1, 0.15) is 11.9 Å². The van der Waals surface area contributed by atoms with Gasteiger partial charge in [0.2, 0.25) is 0 Å². The monoisotopic (exact) mass is 260 g/mol. The molecule has 4 heteroatoms. The van der Waals surface area contributed by atoms with E-state index in [2.05, 4.69) is 13.0 Å². The Labute approximate surface area is 111 Å². The minimum Gasteiger partial charge on any atom is -0.468 e. The van der Waals surface area contributed by atoms with Gasteiger partial charge in [-0.2, -0.15) is 0 Å². The van der Waals surface area contributed by atoms with Gasteiger partial charge in [0.25, 0.3) is 0 Å². The number of ether oxygens (including phenoxy) is 2. The zero-order valence-electron chi connectivity index (χ0n) is 11.1. The maximum atomic E-state index is 12.1. The normalized spacial score (nSPS) is 38.8. The first-order valence-corrected chi connectivity index (χ1v) is 6.73. The molecule has 2 saturated heterocycles. The standard InChI is InChI=1S/C15H16O4/c1-8-4-3-5-15-13(19-15)12(18-14(15)16)11-9(2)7-17-10(11)6-8/h4,7,12-13H,3,5-6H2,1-2H3/b8-4+/t12-,13+,15+/m0/s1. The molecule has 2 fully saturated rings. The first kappa shape index (κ1) is 11.3. The van der Waals surface area contributed by atoms with Gasteiger partial charge in [-0.3, -0.25) is 0 Å². The van der Waals surface area contributed by atoms with Crippen LogP contribution in [-0.4, -0.2) is 17.7 Å². The average molecular weight is 260 g/mol. The fourth-order valence-corrected chi connectivity index (χ4v) is 3.34. The molecule has 0 unspecified atom stereocenters. The molecule has 0 radical (unpaired) electrons. The first-order valence-electron chi connectivity index (χ1n) is 6.73. The molecule has 1 aliphatic carbocycles. The minimum absolute atomic E-state index is 0.123. The predicted octanol–water partition coefficient (Wildman–Crippen LogP) is 2.61. The van der Waals surface area contributed by atoms with Crippen molar-refractivity contribution >= 4 is 5.97 Å². The van der Waals surface area contributed by atoms with Crippen molar-refractivity contribution in [1.82, 2.24) is 0 Å². The molecule has 4 rings (SSSR count). The van der Waals surface area contributed by atoms with Crippen molar-refractivity contribution in [1.29, 1.82) is 0 Å². The van der Waals surface area contributed by atoms with Crippen LogP contribution < -0.4 is 0 Å². The van der Waals surface area contributed by atoms with E-state index in [4.69, 9.17) is 13.9 Å². The Hall–Kier alpha value is -1.55. The van der Waals surface area contributed by atoms with Crippen LogP contribution in [-0.2, 0) is 20.7 Å². The number of esters is 1. The van der Waals surface area contributed by atoms with Crippen LogP contribution in [0.2, 0.25) is 0 Å². The van der Waals surface area contributed by atoms with E-state index in [-0.39, 0.29) is 18.2 Å². The molecule has 0 saturated carbocycles. The van der Waals surface area contributed by atoms with Gasteiger partial charge in [-0.05, 0) is 32.3 Å². The largest absolute Gasteiger partial charge is 0.468 e. The van der Waals surface area contributed by atoms with Crippen molar-refractivity contribution in [3.8, 4) is 0 Å². The molecule has 1 aromatic heterocycles. The van der Waals surface area contributed by atoms with Gasteiger partial charge in [0, 0.05) is 12.0 Å². The molecular formula is C15H16O4. The van der Waals surface area contributed by atoms with Crippen molar-refractivity contribution in [3.05, 3.63) is 34.8 Å². The minimum atomic E-state index is -0.681. The SMILES string of the molecule is C/C1=C\CC[C@@]23O[C@@H]2[C@@H](OC3=O)c2c(C)coc2C1. The highest BCUT2D eigenvalue weighted by molar-refractivity contribution is 5.87. The number of rotatable bonds is 0. The van der Waals surface area contributed by atoms with E-state index in [0.29, 0.717) is 0 Å². The second-order valence-electron chi connectivity index (χ2n) is 5.78. The Kier molecular flexibility index (Phi) is 2.09. The second-order valence-corrected chi connectivity index (χ2v) is 5.78. The zero-order valence-corrected chi connectivity index (χ0v) is 11.1. The van der Waals surface area contributed by atoms with Crippen LogP contribution in [0.1, 0.15) is 42.8 Å². The number of aryl methyl sites for hydroxylation is 1. The molecule has 100 valence electrons. The molecule has 0 aromatic carbocycles. The molecule has 3 atom stereocenters. The smallest absolute Gasteiger partial charge is 0.342 e. The molecule has 2 bridgehead atoms. The number of fused-ring (bicyclic) bond motifs is 2. The molecule has 4 nitrogen and oxygen atoms in total. The lowest BCUT2D eigenvalue weighted by Crippen LogP contribution is -2.22. The maximum Gasteiger partial charge on any atom is 0.342 e. The summed E-state index contributed by atoms with van der Waals surface area (Å²) in [5.41, 5.74) is 2.62. The summed E-state index contributed by atoms with van der Waals surface area (Å²) in [5.74, 6) is 0.694. The Morgan fingerprint density at radius 2 is 2.21 bits per heavy atom.